The van der Waals surface area contributed by atoms with E-state index in [4.69, 9.17) is 11.0 Å². The molecule has 0 saturated heterocycles. The summed E-state index contributed by atoms with van der Waals surface area (Å²) in [6, 6.07) is 11.4. The third-order valence-electron chi connectivity index (χ3n) is 3.81. The number of nitriles is 1. The highest BCUT2D eigenvalue weighted by Crippen LogP contribution is 2.41. The van der Waals surface area contributed by atoms with Crippen LogP contribution >= 0.6 is 0 Å². The van der Waals surface area contributed by atoms with Gasteiger partial charge >= 0.3 is 0 Å². The van der Waals surface area contributed by atoms with Gasteiger partial charge in [0.25, 0.3) is 0 Å². The van der Waals surface area contributed by atoms with E-state index in [0.717, 1.165) is 6.42 Å². The summed E-state index contributed by atoms with van der Waals surface area (Å²) in [4.78, 5) is 2.27. The van der Waals surface area contributed by atoms with Gasteiger partial charge in [0.1, 0.15) is 0 Å². The van der Waals surface area contributed by atoms with Crippen molar-refractivity contribution in [1.82, 2.24) is 4.90 Å². The van der Waals surface area contributed by atoms with Crippen LogP contribution in [0.2, 0.25) is 0 Å². The van der Waals surface area contributed by atoms with E-state index < -0.39 is 0 Å². The van der Waals surface area contributed by atoms with E-state index in [0.29, 0.717) is 12.5 Å². The van der Waals surface area contributed by atoms with Gasteiger partial charge in [0, 0.05) is 18.1 Å². The molecule has 3 unspecified atom stereocenters. The lowest BCUT2D eigenvalue weighted by Crippen LogP contribution is -2.32. The van der Waals surface area contributed by atoms with Crippen LogP contribution in [-0.4, -0.2) is 18.0 Å². The molecule has 0 fully saturated rings. The minimum absolute atomic E-state index is 0.132. The lowest BCUT2D eigenvalue weighted by molar-refractivity contribution is 0.182. The van der Waals surface area contributed by atoms with Crippen molar-refractivity contribution in [1.29, 1.82) is 5.26 Å². The Bertz CT molecular complexity index is 435. The van der Waals surface area contributed by atoms with Crippen molar-refractivity contribution in [3.8, 4) is 6.07 Å². The lowest BCUT2D eigenvalue weighted by Gasteiger charge is -2.30. The maximum absolute atomic E-state index is 8.77. The van der Waals surface area contributed by atoms with Gasteiger partial charge in [0.15, 0.2) is 0 Å². The first-order chi connectivity index (χ1) is 8.15. The SMILES string of the molecule is CC(CC#N)N(C)C1CC(N)c2ccccc21. The van der Waals surface area contributed by atoms with Gasteiger partial charge < -0.3 is 5.73 Å². The average Bonchev–Trinajstić information content (AvgIpc) is 2.67. The Hall–Kier alpha value is -1.37. The zero-order valence-corrected chi connectivity index (χ0v) is 10.4. The van der Waals surface area contributed by atoms with E-state index in [2.05, 4.69) is 43.1 Å². The molecule has 1 aliphatic rings. The normalized spacial score (nSPS) is 24.4. The molecule has 3 nitrogen and oxygen atoms in total. The van der Waals surface area contributed by atoms with Crippen LogP contribution in [0.5, 0.6) is 0 Å². The minimum atomic E-state index is 0.132. The van der Waals surface area contributed by atoms with Crippen molar-refractivity contribution in [2.75, 3.05) is 7.05 Å². The Morgan fingerprint density at radius 3 is 2.76 bits per heavy atom. The van der Waals surface area contributed by atoms with Crippen LogP contribution in [0.1, 0.15) is 43.0 Å². The largest absolute Gasteiger partial charge is 0.324 e. The number of hydrogen-bond donors (Lipinski definition) is 1. The highest BCUT2D eigenvalue weighted by atomic mass is 15.2. The van der Waals surface area contributed by atoms with Gasteiger partial charge in [-0.05, 0) is 31.5 Å². The van der Waals surface area contributed by atoms with Gasteiger partial charge in [-0.2, -0.15) is 5.26 Å². The van der Waals surface area contributed by atoms with Crippen LogP contribution in [0.25, 0.3) is 0 Å². The highest BCUT2D eigenvalue weighted by Gasteiger charge is 2.32. The first-order valence-electron chi connectivity index (χ1n) is 6.08. The Balaban J connectivity index is 2.22. The fraction of sp³-hybridized carbons (Fsp3) is 0.500. The molecule has 2 N–H and O–H groups in total. The van der Waals surface area contributed by atoms with Crippen LogP contribution in [-0.2, 0) is 0 Å². The predicted molar refractivity (Wildman–Crippen MR) is 68.2 cm³/mol. The van der Waals surface area contributed by atoms with E-state index in [-0.39, 0.29) is 12.1 Å². The first kappa shape index (κ1) is 12.1. The summed E-state index contributed by atoms with van der Waals surface area (Å²) < 4.78 is 0. The van der Waals surface area contributed by atoms with Gasteiger partial charge in [-0.15, -0.1) is 0 Å². The van der Waals surface area contributed by atoms with E-state index >= 15 is 0 Å². The molecule has 90 valence electrons. The molecule has 2 rings (SSSR count). The van der Waals surface area contributed by atoms with E-state index in [1.165, 1.54) is 11.1 Å². The van der Waals surface area contributed by atoms with Crippen molar-refractivity contribution in [2.45, 2.75) is 37.9 Å². The monoisotopic (exact) mass is 229 g/mol. The Kier molecular flexibility index (Phi) is 3.46. The van der Waals surface area contributed by atoms with Crippen LogP contribution in [0.4, 0.5) is 0 Å². The molecule has 0 aromatic heterocycles. The second kappa shape index (κ2) is 4.87. The maximum atomic E-state index is 8.77. The smallest absolute Gasteiger partial charge is 0.0638 e. The summed E-state index contributed by atoms with van der Waals surface area (Å²) in [7, 11) is 2.08. The van der Waals surface area contributed by atoms with Gasteiger partial charge in [-0.1, -0.05) is 24.3 Å². The molecule has 0 radical (unpaired) electrons. The molecule has 0 spiro atoms. The number of nitrogens with two attached hydrogens (primary N) is 1. The van der Waals surface area contributed by atoms with E-state index in [1.807, 2.05) is 6.07 Å². The summed E-state index contributed by atoms with van der Waals surface area (Å²) in [5.41, 5.74) is 8.74. The Morgan fingerprint density at radius 2 is 2.12 bits per heavy atom. The average molecular weight is 229 g/mol. The van der Waals surface area contributed by atoms with Gasteiger partial charge in [-0.25, -0.2) is 0 Å². The quantitative estimate of drug-likeness (QED) is 0.865. The third kappa shape index (κ3) is 2.19. The standard InChI is InChI=1S/C14H19N3/c1-10(7-8-15)17(2)14-9-13(16)11-5-3-4-6-12(11)14/h3-6,10,13-14H,7,9,16H2,1-2H3. The molecule has 1 aliphatic carbocycles. The zero-order valence-electron chi connectivity index (χ0n) is 10.4. The van der Waals surface area contributed by atoms with Crippen molar-refractivity contribution in [3.05, 3.63) is 35.4 Å². The number of hydrogen-bond acceptors (Lipinski definition) is 3. The molecular formula is C14H19N3. The molecule has 3 atom stereocenters. The van der Waals surface area contributed by atoms with Crippen LogP contribution in [0.15, 0.2) is 24.3 Å². The molecule has 17 heavy (non-hydrogen) atoms. The zero-order chi connectivity index (χ0) is 12.4. The lowest BCUT2D eigenvalue weighted by atomic mass is 10.1. The molecule has 1 aromatic rings. The summed E-state index contributed by atoms with van der Waals surface area (Å²) >= 11 is 0. The van der Waals surface area contributed by atoms with Gasteiger partial charge in [0.05, 0.1) is 12.5 Å². The van der Waals surface area contributed by atoms with Gasteiger partial charge in [0.2, 0.25) is 0 Å². The number of fused-ring (bicyclic) bond motifs is 1. The molecule has 0 amide bonds. The van der Waals surface area contributed by atoms with Crippen LogP contribution in [0.3, 0.4) is 0 Å². The van der Waals surface area contributed by atoms with Crippen molar-refractivity contribution >= 4 is 0 Å². The Labute approximate surface area is 103 Å². The summed E-state index contributed by atoms with van der Waals surface area (Å²) in [5, 5.41) is 8.77. The second-order valence-corrected chi connectivity index (χ2v) is 4.86. The molecule has 0 heterocycles. The Morgan fingerprint density at radius 1 is 1.47 bits per heavy atom. The number of benzene rings is 1. The topological polar surface area (TPSA) is 53.0 Å². The molecule has 0 saturated carbocycles. The minimum Gasteiger partial charge on any atom is -0.324 e. The molecule has 3 heteroatoms. The first-order valence-corrected chi connectivity index (χ1v) is 6.08. The van der Waals surface area contributed by atoms with Crippen molar-refractivity contribution in [3.63, 3.8) is 0 Å². The summed E-state index contributed by atoms with van der Waals surface area (Å²) in [6.45, 7) is 2.09. The van der Waals surface area contributed by atoms with E-state index in [9.17, 15) is 0 Å². The third-order valence-corrected chi connectivity index (χ3v) is 3.81. The second-order valence-electron chi connectivity index (χ2n) is 4.86. The van der Waals surface area contributed by atoms with E-state index in [1.54, 1.807) is 0 Å². The van der Waals surface area contributed by atoms with Gasteiger partial charge in [-0.3, -0.25) is 4.90 Å². The summed E-state index contributed by atoms with van der Waals surface area (Å²) in [5.74, 6) is 0. The number of rotatable bonds is 3. The molecular weight excluding hydrogens is 210 g/mol. The number of nitrogens with zero attached hydrogens (tertiary/aromatic N) is 2. The maximum Gasteiger partial charge on any atom is 0.0638 e. The fourth-order valence-corrected chi connectivity index (χ4v) is 2.62. The van der Waals surface area contributed by atoms with Crippen LogP contribution < -0.4 is 5.73 Å². The molecule has 1 aromatic carbocycles. The highest BCUT2D eigenvalue weighted by molar-refractivity contribution is 5.37. The van der Waals surface area contributed by atoms with Crippen LogP contribution in [0, 0.1) is 11.3 Å². The molecule has 0 bridgehead atoms. The predicted octanol–water partition coefficient (Wildman–Crippen LogP) is 2.37. The fourth-order valence-electron chi connectivity index (χ4n) is 2.62. The summed E-state index contributed by atoms with van der Waals surface area (Å²) in [6.07, 6.45) is 1.51. The van der Waals surface area contributed by atoms with Crippen molar-refractivity contribution in [2.24, 2.45) is 5.73 Å². The molecule has 0 aliphatic heterocycles. The van der Waals surface area contributed by atoms with Crippen molar-refractivity contribution < 1.29 is 0 Å².